The number of hydrogen-bond acceptors (Lipinski definition) is 4. The second-order valence-corrected chi connectivity index (χ2v) is 6.03. The summed E-state index contributed by atoms with van der Waals surface area (Å²) in [5.74, 6) is -0.0124. The van der Waals surface area contributed by atoms with Gasteiger partial charge in [0.2, 0.25) is 0 Å². The SMILES string of the molecule is Cc1sc(CCNC(=O)C2CO2)nc1-c1ccccc1. The molecular formula is C15H16N2O2S. The highest BCUT2D eigenvalue weighted by Gasteiger charge is 2.30. The molecule has 104 valence electrons. The molecular weight excluding hydrogens is 272 g/mol. The van der Waals surface area contributed by atoms with E-state index in [1.807, 2.05) is 18.2 Å². The lowest BCUT2D eigenvalue weighted by Gasteiger charge is -2.00. The third-order valence-corrected chi connectivity index (χ3v) is 4.18. The number of nitrogens with one attached hydrogen (secondary N) is 1. The summed E-state index contributed by atoms with van der Waals surface area (Å²) in [5.41, 5.74) is 2.19. The summed E-state index contributed by atoms with van der Waals surface area (Å²) >= 11 is 1.69. The van der Waals surface area contributed by atoms with Crippen LogP contribution in [0.15, 0.2) is 30.3 Å². The van der Waals surface area contributed by atoms with E-state index in [1.165, 1.54) is 4.88 Å². The maximum absolute atomic E-state index is 11.4. The van der Waals surface area contributed by atoms with Gasteiger partial charge < -0.3 is 10.1 Å². The Hall–Kier alpha value is -1.72. The Morgan fingerprint density at radius 1 is 1.45 bits per heavy atom. The van der Waals surface area contributed by atoms with Crippen molar-refractivity contribution in [2.45, 2.75) is 19.4 Å². The van der Waals surface area contributed by atoms with Gasteiger partial charge in [-0.25, -0.2) is 4.98 Å². The van der Waals surface area contributed by atoms with Crippen LogP contribution in [-0.4, -0.2) is 30.1 Å². The average Bonchev–Trinajstić information content (AvgIpc) is 3.24. The first-order chi connectivity index (χ1) is 9.74. The fourth-order valence-corrected chi connectivity index (χ4v) is 2.98. The quantitative estimate of drug-likeness (QED) is 0.858. The summed E-state index contributed by atoms with van der Waals surface area (Å²) < 4.78 is 4.93. The monoisotopic (exact) mass is 288 g/mol. The fraction of sp³-hybridized carbons (Fsp3) is 0.333. The van der Waals surface area contributed by atoms with Gasteiger partial charge in [0.25, 0.3) is 5.91 Å². The van der Waals surface area contributed by atoms with Gasteiger partial charge in [0.1, 0.15) is 0 Å². The maximum Gasteiger partial charge on any atom is 0.251 e. The molecule has 1 aromatic carbocycles. The Morgan fingerprint density at radius 3 is 2.90 bits per heavy atom. The van der Waals surface area contributed by atoms with E-state index < -0.39 is 0 Å². The summed E-state index contributed by atoms with van der Waals surface area (Å²) in [5, 5.41) is 3.92. The van der Waals surface area contributed by atoms with Crippen molar-refractivity contribution in [3.05, 3.63) is 40.2 Å². The molecule has 1 fully saturated rings. The predicted octanol–water partition coefficient (Wildman–Crippen LogP) is 2.18. The molecule has 20 heavy (non-hydrogen) atoms. The van der Waals surface area contributed by atoms with Gasteiger partial charge in [-0.15, -0.1) is 11.3 Å². The molecule has 0 saturated carbocycles. The van der Waals surface area contributed by atoms with Crippen molar-refractivity contribution in [3.8, 4) is 11.3 Å². The first-order valence-corrected chi connectivity index (χ1v) is 7.47. The molecule has 1 aromatic heterocycles. The van der Waals surface area contributed by atoms with Crippen molar-refractivity contribution in [1.29, 1.82) is 0 Å². The van der Waals surface area contributed by atoms with E-state index in [-0.39, 0.29) is 12.0 Å². The predicted molar refractivity (Wildman–Crippen MR) is 78.7 cm³/mol. The van der Waals surface area contributed by atoms with E-state index in [0.29, 0.717) is 13.2 Å². The lowest BCUT2D eigenvalue weighted by molar-refractivity contribution is -0.122. The lowest BCUT2D eigenvalue weighted by Crippen LogP contribution is -2.29. The number of amides is 1. The van der Waals surface area contributed by atoms with E-state index in [2.05, 4.69) is 29.4 Å². The van der Waals surface area contributed by atoms with E-state index in [0.717, 1.165) is 22.7 Å². The lowest BCUT2D eigenvalue weighted by atomic mass is 10.1. The molecule has 3 rings (SSSR count). The maximum atomic E-state index is 11.4. The number of epoxide rings is 1. The fourth-order valence-electron chi connectivity index (χ4n) is 2.03. The average molecular weight is 288 g/mol. The van der Waals surface area contributed by atoms with Crippen LogP contribution in [0.2, 0.25) is 0 Å². The number of carbonyl (C=O) groups excluding carboxylic acids is 1. The van der Waals surface area contributed by atoms with Crippen molar-refractivity contribution in [2.75, 3.05) is 13.2 Å². The molecule has 1 aliphatic rings. The van der Waals surface area contributed by atoms with E-state index in [9.17, 15) is 4.79 Å². The number of rotatable bonds is 5. The van der Waals surface area contributed by atoms with Gasteiger partial charge in [0.05, 0.1) is 17.3 Å². The van der Waals surface area contributed by atoms with Gasteiger partial charge in [-0.2, -0.15) is 0 Å². The van der Waals surface area contributed by atoms with Gasteiger partial charge >= 0.3 is 0 Å². The number of benzene rings is 1. The van der Waals surface area contributed by atoms with Crippen LogP contribution in [0.4, 0.5) is 0 Å². The van der Waals surface area contributed by atoms with Gasteiger partial charge in [0, 0.05) is 23.4 Å². The Bertz CT molecular complexity index is 606. The van der Waals surface area contributed by atoms with Crippen LogP contribution in [0.3, 0.4) is 0 Å². The molecule has 2 aromatic rings. The normalized spacial score (nSPS) is 16.9. The molecule has 1 amide bonds. The molecule has 1 saturated heterocycles. The van der Waals surface area contributed by atoms with Crippen LogP contribution in [0.1, 0.15) is 9.88 Å². The number of aromatic nitrogens is 1. The molecule has 4 nitrogen and oxygen atoms in total. The summed E-state index contributed by atoms with van der Waals surface area (Å²) in [4.78, 5) is 17.3. The second kappa shape index (κ2) is 5.73. The first kappa shape index (κ1) is 13.3. The Kier molecular flexibility index (Phi) is 3.80. The van der Waals surface area contributed by atoms with Crippen molar-refractivity contribution in [3.63, 3.8) is 0 Å². The number of hydrogen-bond donors (Lipinski definition) is 1. The first-order valence-electron chi connectivity index (χ1n) is 6.65. The molecule has 0 spiro atoms. The van der Waals surface area contributed by atoms with Crippen LogP contribution >= 0.6 is 11.3 Å². The highest BCUT2D eigenvalue weighted by molar-refractivity contribution is 7.12. The third-order valence-electron chi connectivity index (χ3n) is 3.15. The van der Waals surface area contributed by atoms with Crippen molar-refractivity contribution in [1.82, 2.24) is 10.3 Å². The molecule has 1 aliphatic heterocycles. The highest BCUT2D eigenvalue weighted by Crippen LogP contribution is 2.27. The summed E-state index contributed by atoms with van der Waals surface area (Å²) in [6, 6.07) is 10.2. The van der Waals surface area contributed by atoms with E-state index in [4.69, 9.17) is 4.74 Å². The number of nitrogens with zero attached hydrogens (tertiary/aromatic N) is 1. The highest BCUT2D eigenvalue weighted by atomic mass is 32.1. The van der Waals surface area contributed by atoms with Crippen LogP contribution < -0.4 is 5.32 Å². The summed E-state index contributed by atoms with van der Waals surface area (Å²) in [7, 11) is 0. The number of ether oxygens (including phenoxy) is 1. The smallest absolute Gasteiger partial charge is 0.251 e. The van der Waals surface area contributed by atoms with Gasteiger partial charge in [-0.05, 0) is 6.92 Å². The van der Waals surface area contributed by atoms with Crippen LogP contribution in [-0.2, 0) is 16.0 Å². The molecule has 0 aliphatic carbocycles. The van der Waals surface area contributed by atoms with Crippen LogP contribution in [0, 0.1) is 6.92 Å². The minimum atomic E-state index is -0.215. The number of carbonyl (C=O) groups is 1. The largest absolute Gasteiger partial charge is 0.363 e. The zero-order chi connectivity index (χ0) is 13.9. The second-order valence-electron chi connectivity index (χ2n) is 4.74. The minimum Gasteiger partial charge on any atom is -0.363 e. The summed E-state index contributed by atoms with van der Waals surface area (Å²) in [6.45, 7) is 3.25. The van der Waals surface area contributed by atoms with Gasteiger partial charge in [-0.1, -0.05) is 30.3 Å². The van der Waals surface area contributed by atoms with Crippen molar-refractivity contribution >= 4 is 17.2 Å². The Morgan fingerprint density at radius 2 is 2.20 bits per heavy atom. The molecule has 5 heteroatoms. The van der Waals surface area contributed by atoms with Gasteiger partial charge in [-0.3, -0.25) is 4.79 Å². The molecule has 1 N–H and O–H groups in total. The zero-order valence-electron chi connectivity index (χ0n) is 11.3. The van der Waals surface area contributed by atoms with E-state index in [1.54, 1.807) is 11.3 Å². The molecule has 1 unspecified atom stereocenters. The zero-order valence-corrected chi connectivity index (χ0v) is 12.1. The Labute approximate surface area is 121 Å². The number of aryl methyl sites for hydroxylation is 1. The van der Waals surface area contributed by atoms with E-state index >= 15 is 0 Å². The molecule has 0 bridgehead atoms. The topological polar surface area (TPSA) is 54.5 Å². The van der Waals surface area contributed by atoms with Gasteiger partial charge in [0.15, 0.2) is 6.10 Å². The van der Waals surface area contributed by atoms with Crippen LogP contribution in [0.5, 0.6) is 0 Å². The molecule has 0 radical (unpaired) electrons. The standard InChI is InChI=1S/C15H16N2O2S/c1-10-14(11-5-3-2-4-6-11)17-13(20-10)7-8-16-15(18)12-9-19-12/h2-6,12H,7-9H2,1H3,(H,16,18). The molecule has 2 heterocycles. The van der Waals surface area contributed by atoms with Crippen LogP contribution in [0.25, 0.3) is 11.3 Å². The summed E-state index contributed by atoms with van der Waals surface area (Å²) in [6.07, 6.45) is 0.546. The van der Waals surface area contributed by atoms with Crippen molar-refractivity contribution < 1.29 is 9.53 Å². The number of thiazole rings is 1. The molecule has 1 atom stereocenters. The third kappa shape index (κ3) is 3.05. The minimum absolute atomic E-state index is 0.0124. The Balaban J connectivity index is 1.62. The van der Waals surface area contributed by atoms with Crippen molar-refractivity contribution in [2.24, 2.45) is 0 Å².